The lowest BCUT2D eigenvalue weighted by Crippen LogP contribution is -2.26. The summed E-state index contributed by atoms with van der Waals surface area (Å²) >= 11 is 0. The van der Waals surface area contributed by atoms with Crippen LogP contribution in [0.2, 0.25) is 0 Å². The fourth-order valence-electron chi connectivity index (χ4n) is 1.97. The summed E-state index contributed by atoms with van der Waals surface area (Å²) in [6.07, 6.45) is 4.38. The van der Waals surface area contributed by atoms with Crippen molar-refractivity contribution < 1.29 is 0 Å². The van der Waals surface area contributed by atoms with Crippen molar-refractivity contribution in [3.05, 3.63) is 39.8 Å². The van der Waals surface area contributed by atoms with Crippen LogP contribution in [0.5, 0.6) is 0 Å². The highest BCUT2D eigenvalue weighted by molar-refractivity contribution is 5.20. The maximum Gasteiger partial charge on any atom is 0.267 e. The average Bonchev–Trinajstić information content (AvgIpc) is 2.18. The molecule has 1 aromatic rings. The number of rotatable bonds is 2. The monoisotopic (exact) mass is 204 g/mol. The van der Waals surface area contributed by atoms with Crippen molar-refractivity contribution in [3.63, 3.8) is 0 Å². The molecule has 0 N–H and O–H groups in total. The number of allylic oxidation sites excluding steroid dienone is 1. The van der Waals surface area contributed by atoms with E-state index in [0.29, 0.717) is 6.54 Å². The highest BCUT2D eigenvalue weighted by Crippen LogP contribution is 2.16. The van der Waals surface area contributed by atoms with Crippen LogP contribution in [-0.2, 0) is 19.4 Å². The molecule has 1 aliphatic carbocycles. The molecule has 0 bridgehead atoms. The Labute approximate surface area is 89.4 Å². The minimum atomic E-state index is -0.00125. The Hall–Kier alpha value is -1.38. The summed E-state index contributed by atoms with van der Waals surface area (Å²) in [5.74, 6) is 0. The largest absolute Gasteiger partial charge is 0.268 e. The van der Waals surface area contributed by atoms with Crippen molar-refractivity contribution in [2.75, 3.05) is 0 Å². The van der Waals surface area contributed by atoms with Gasteiger partial charge in [-0.05, 0) is 38.2 Å². The normalized spacial score (nSPS) is 14.7. The summed E-state index contributed by atoms with van der Waals surface area (Å²) in [5.41, 5.74) is 3.20. The molecule has 0 aromatic carbocycles. The summed E-state index contributed by atoms with van der Waals surface area (Å²) < 4.78 is 1.52. The zero-order chi connectivity index (χ0) is 10.8. The van der Waals surface area contributed by atoms with Crippen LogP contribution < -0.4 is 5.56 Å². The molecule has 0 saturated carbocycles. The molecule has 1 heterocycles. The molecule has 0 spiro atoms. The molecule has 0 aliphatic heterocycles. The number of hydrogen-bond donors (Lipinski definition) is 0. The molecule has 2 rings (SSSR count). The van der Waals surface area contributed by atoms with E-state index in [1.807, 2.05) is 6.92 Å². The molecule has 0 saturated heterocycles. The zero-order valence-corrected chi connectivity index (χ0v) is 9.12. The van der Waals surface area contributed by atoms with Gasteiger partial charge in [0.2, 0.25) is 0 Å². The van der Waals surface area contributed by atoms with Crippen LogP contribution in [0.15, 0.2) is 23.0 Å². The van der Waals surface area contributed by atoms with Gasteiger partial charge in [0.25, 0.3) is 5.56 Å². The van der Waals surface area contributed by atoms with Crippen LogP contribution in [-0.4, -0.2) is 9.78 Å². The first-order valence-corrected chi connectivity index (χ1v) is 5.41. The number of aryl methyl sites for hydroxylation is 2. The van der Waals surface area contributed by atoms with Gasteiger partial charge in [-0.3, -0.25) is 4.79 Å². The molecule has 0 atom stereocenters. The van der Waals surface area contributed by atoms with Crippen molar-refractivity contribution in [2.24, 2.45) is 0 Å². The van der Waals surface area contributed by atoms with Crippen LogP contribution >= 0.6 is 0 Å². The highest BCUT2D eigenvalue weighted by atomic mass is 16.1. The summed E-state index contributed by atoms with van der Waals surface area (Å²) in [6.45, 7) is 6.25. The van der Waals surface area contributed by atoms with E-state index in [2.05, 4.69) is 11.7 Å². The van der Waals surface area contributed by atoms with Crippen molar-refractivity contribution >= 4 is 0 Å². The van der Waals surface area contributed by atoms with Crippen LogP contribution in [0.25, 0.3) is 0 Å². The fraction of sp³-hybridized carbons (Fsp3) is 0.500. The third-order valence-corrected chi connectivity index (χ3v) is 2.69. The van der Waals surface area contributed by atoms with Crippen molar-refractivity contribution in [2.45, 2.75) is 39.2 Å². The first kappa shape index (κ1) is 10.1. The Morgan fingerprint density at radius 2 is 2.27 bits per heavy atom. The van der Waals surface area contributed by atoms with Crippen LogP contribution in [0.4, 0.5) is 0 Å². The van der Waals surface area contributed by atoms with Crippen LogP contribution in [0.1, 0.15) is 31.0 Å². The summed E-state index contributed by atoms with van der Waals surface area (Å²) in [7, 11) is 0. The minimum Gasteiger partial charge on any atom is -0.268 e. The predicted molar refractivity (Wildman–Crippen MR) is 60.0 cm³/mol. The van der Waals surface area contributed by atoms with Gasteiger partial charge in [-0.25, -0.2) is 4.68 Å². The lowest BCUT2D eigenvalue weighted by molar-refractivity contribution is 0.571. The van der Waals surface area contributed by atoms with Gasteiger partial charge in [0.1, 0.15) is 0 Å². The highest BCUT2D eigenvalue weighted by Gasteiger charge is 2.12. The molecule has 0 amide bonds. The Balaban J connectivity index is 2.40. The average molecular weight is 204 g/mol. The molecule has 80 valence electrons. The van der Waals surface area contributed by atoms with Gasteiger partial charge < -0.3 is 0 Å². The molecule has 1 aliphatic rings. The molecule has 0 radical (unpaired) electrons. The van der Waals surface area contributed by atoms with E-state index < -0.39 is 0 Å². The fourth-order valence-corrected chi connectivity index (χ4v) is 1.97. The predicted octanol–water partition coefficient (Wildman–Crippen LogP) is 1.70. The Bertz CT molecular complexity index is 445. The van der Waals surface area contributed by atoms with Gasteiger partial charge in [0, 0.05) is 6.07 Å². The van der Waals surface area contributed by atoms with Crippen molar-refractivity contribution in [3.8, 4) is 0 Å². The van der Waals surface area contributed by atoms with E-state index in [-0.39, 0.29) is 5.56 Å². The first-order chi connectivity index (χ1) is 7.16. The smallest absolute Gasteiger partial charge is 0.267 e. The molecular weight excluding hydrogens is 188 g/mol. The lowest BCUT2D eigenvalue weighted by Gasteiger charge is -2.15. The molecule has 3 heteroatoms. The van der Waals surface area contributed by atoms with Gasteiger partial charge in [0.15, 0.2) is 0 Å². The Morgan fingerprint density at radius 3 is 3.00 bits per heavy atom. The van der Waals surface area contributed by atoms with E-state index in [9.17, 15) is 4.79 Å². The number of fused-ring (bicyclic) bond motifs is 1. The molecule has 15 heavy (non-hydrogen) atoms. The SMILES string of the molecule is C=C(C)Cn1nc2c(cc1=O)CCCC2. The molecule has 0 fully saturated rings. The van der Waals surface area contributed by atoms with Gasteiger partial charge in [-0.2, -0.15) is 5.10 Å². The molecule has 0 unspecified atom stereocenters. The topological polar surface area (TPSA) is 34.9 Å². The van der Waals surface area contributed by atoms with E-state index in [1.165, 1.54) is 17.5 Å². The van der Waals surface area contributed by atoms with Gasteiger partial charge in [-0.15, -0.1) is 0 Å². The standard InChI is InChI=1S/C12H16N2O/c1-9(2)8-14-12(15)7-10-5-3-4-6-11(10)13-14/h7H,1,3-6,8H2,2H3. The second-order valence-corrected chi connectivity index (χ2v) is 4.28. The van der Waals surface area contributed by atoms with E-state index in [0.717, 1.165) is 29.7 Å². The number of aromatic nitrogens is 2. The van der Waals surface area contributed by atoms with Crippen molar-refractivity contribution in [1.82, 2.24) is 9.78 Å². The summed E-state index contributed by atoms with van der Waals surface area (Å²) in [6, 6.07) is 1.74. The zero-order valence-electron chi connectivity index (χ0n) is 9.12. The van der Waals surface area contributed by atoms with Gasteiger partial charge >= 0.3 is 0 Å². The Kier molecular flexibility index (Phi) is 2.71. The van der Waals surface area contributed by atoms with E-state index in [1.54, 1.807) is 6.07 Å². The first-order valence-electron chi connectivity index (χ1n) is 5.41. The third kappa shape index (κ3) is 2.17. The van der Waals surface area contributed by atoms with Gasteiger partial charge in [-0.1, -0.05) is 12.2 Å². The molecule has 3 nitrogen and oxygen atoms in total. The van der Waals surface area contributed by atoms with Crippen molar-refractivity contribution in [1.29, 1.82) is 0 Å². The minimum absolute atomic E-state index is 0.00125. The van der Waals surface area contributed by atoms with Crippen LogP contribution in [0, 0.1) is 0 Å². The lowest BCUT2D eigenvalue weighted by atomic mass is 9.97. The maximum atomic E-state index is 11.7. The second-order valence-electron chi connectivity index (χ2n) is 4.28. The summed E-state index contributed by atoms with van der Waals surface area (Å²) in [5, 5.41) is 4.40. The summed E-state index contributed by atoms with van der Waals surface area (Å²) in [4.78, 5) is 11.7. The molecular formula is C12H16N2O. The number of hydrogen-bond acceptors (Lipinski definition) is 2. The second kappa shape index (κ2) is 4.01. The van der Waals surface area contributed by atoms with Gasteiger partial charge in [0.05, 0.1) is 12.2 Å². The third-order valence-electron chi connectivity index (χ3n) is 2.69. The molecule has 1 aromatic heterocycles. The van der Waals surface area contributed by atoms with Crippen LogP contribution in [0.3, 0.4) is 0 Å². The Morgan fingerprint density at radius 1 is 1.53 bits per heavy atom. The quantitative estimate of drug-likeness (QED) is 0.687. The van der Waals surface area contributed by atoms with E-state index in [4.69, 9.17) is 0 Å². The number of nitrogens with zero attached hydrogens (tertiary/aromatic N) is 2. The maximum absolute atomic E-state index is 11.7. The van der Waals surface area contributed by atoms with E-state index >= 15 is 0 Å².